The number of nitrogens with zero attached hydrogens (tertiary/aromatic N) is 4. The van der Waals surface area contributed by atoms with E-state index in [2.05, 4.69) is 20.1 Å². The van der Waals surface area contributed by atoms with Crippen LogP contribution in [0, 0.1) is 6.92 Å². The van der Waals surface area contributed by atoms with E-state index in [-0.39, 0.29) is 0 Å². The van der Waals surface area contributed by atoms with Crippen LogP contribution in [-0.2, 0) is 0 Å². The van der Waals surface area contributed by atoms with Crippen molar-refractivity contribution in [2.75, 3.05) is 7.11 Å². The van der Waals surface area contributed by atoms with Crippen LogP contribution in [0.2, 0.25) is 0 Å². The molecule has 0 unspecified atom stereocenters. The van der Waals surface area contributed by atoms with Crippen LogP contribution in [0.15, 0.2) is 41.3 Å². The molecule has 100 valence electrons. The van der Waals surface area contributed by atoms with E-state index in [9.17, 15) is 0 Å². The predicted molar refractivity (Wildman–Crippen MR) is 72.0 cm³/mol. The van der Waals surface area contributed by atoms with Crippen molar-refractivity contribution >= 4 is 0 Å². The van der Waals surface area contributed by atoms with Crippen molar-refractivity contribution in [2.24, 2.45) is 0 Å². The zero-order valence-electron chi connectivity index (χ0n) is 11.1. The van der Waals surface area contributed by atoms with Crippen LogP contribution in [0.25, 0.3) is 22.8 Å². The maximum Gasteiger partial charge on any atom is 0.261 e. The summed E-state index contributed by atoms with van der Waals surface area (Å²) in [5.74, 6) is 1.71. The topological polar surface area (TPSA) is 73.9 Å². The van der Waals surface area contributed by atoms with E-state index in [0.717, 1.165) is 22.6 Å². The lowest BCUT2D eigenvalue weighted by molar-refractivity contribution is 0.414. The molecule has 0 aliphatic carbocycles. The van der Waals surface area contributed by atoms with Crippen LogP contribution in [-0.4, -0.2) is 27.2 Å². The number of benzene rings is 1. The first-order valence-corrected chi connectivity index (χ1v) is 6.03. The number of ether oxygens (including phenoxy) is 1. The second-order valence-electron chi connectivity index (χ2n) is 4.17. The number of aromatic nitrogens is 4. The second kappa shape index (κ2) is 5.08. The van der Waals surface area contributed by atoms with Gasteiger partial charge in [0, 0.05) is 11.8 Å². The lowest BCUT2D eigenvalue weighted by Gasteiger charge is -1.99. The molecule has 20 heavy (non-hydrogen) atoms. The Bertz CT molecular complexity index is 722. The molecular formula is C14H12N4O2. The molecule has 0 aliphatic rings. The summed E-state index contributed by atoms with van der Waals surface area (Å²) in [6.45, 7) is 1.87. The third-order valence-corrected chi connectivity index (χ3v) is 2.92. The molecule has 0 saturated carbocycles. The average Bonchev–Trinajstić information content (AvgIpc) is 2.97. The minimum Gasteiger partial charge on any atom is -0.497 e. The average molecular weight is 268 g/mol. The molecule has 2 aromatic heterocycles. The van der Waals surface area contributed by atoms with Gasteiger partial charge in [-0.1, -0.05) is 5.16 Å². The number of aryl methyl sites for hydroxylation is 1. The molecule has 3 aromatic rings. The van der Waals surface area contributed by atoms with Gasteiger partial charge in [-0.15, -0.1) is 0 Å². The molecule has 0 bridgehead atoms. The largest absolute Gasteiger partial charge is 0.497 e. The van der Waals surface area contributed by atoms with E-state index in [4.69, 9.17) is 9.26 Å². The van der Waals surface area contributed by atoms with Gasteiger partial charge in [-0.05, 0) is 31.2 Å². The molecule has 0 fully saturated rings. The molecule has 6 nitrogen and oxygen atoms in total. The fourth-order valence-electron chi connectivity index (χ4n) is 1.79. The highest BCUT2D eigenvalue weighted by molar-refractivity contribution is 5.60. The van der Waals surface area contributed by atoms with Gasteiger partial charge in [-0.25, -0.2) is 9.97 Å². The highest BCUT2D eigenvalue weighted by atomic mass is 16.5. The van der Waals surface area contributed by atoms with Crippen molar-refractivity contribution in [3.63, 3.8) is 0 Å². The van der Waals surface area contributed by atoms with Gasteiger partial charge in [0.25, 0.3) is 5.89 Å². The van der Waals surface area contributed by atoms with Crippen molar-refractivity contribution in [1.29, 1.82) is 0 Å². The van der Waals surface area contributed by atoms with Gasteiger partial charge in [0.1, 0.15) is 12.1 Å². The Kier molecular flexibility index (Phi) is 3.12. The van der Waals surface area contributed by atoms with E-state index in [1.165, 1.54) is 6.33 Å². The summed E-state index contributed by atoms with van der Waals surface area (Å²) in [5, 5.41) is 3.98. The molecule has 0 radical (unpaired) electrons. The number of hydrogen-bond acceptors (Lipinski definition) is 6. The van der Waals surface area contributed by atoms with Crippen molar-refractivity contribution in [1.82, 2.24) is 20.1 Å². The SMILES string of the molecule is COc1ccc(-c2noc(-c3cncnc3C)n2)cc1. The van der Waals surface area contributed by atoms with Crippen LogP contribution < -0.4 is 4.74 Å². The second-order valence-corrected chi connectivity index (χ2v) is 4.17. The van der Waals surface area contributed by atoms with Crippen LogP contribution in [0.5, 0.6) is 5.75 Å². The molecule has 3 rings (SSSR count). The molecule has 0 aliphatic heterocycles. The highest BCUT2D eigenvalue weighted by Crippen LogP contribution is 2.24. The minimum absolute atomic E-state index is 0.411. The molecule has 0 spiro atoms. The van der Waals surface area contributed by atoms with Crippen LogP contribution in [0.4, 0.5) is 0 Å². The molecule has 0 saturated heterocycles. The zero-order valence-corrected chi connectivity index (χ0v) is 11.1. The Hall–Kier alpha value is -2.76. The monoisotopic (exact) mass is 268 g/mol. The first-order chi connectivity index (χ1) is 9.78. The van der Waals surface area contributed by atoms with Gasteiger partial charge in [-0.2, -0.15) is 4.98 Å². The quantitative estimate of drug-likeness (QED) is 0.726. The standard InChI is InChI=1S/C14H12N4O2/c1-9-12(7-15-8-16-9)14-17-13(18-20-14)10-3-5-11(19-2)6-4-10/h3-8H,1-2H3. The summed E-state index contributed by atoms with van der Waals surface area (Å²) in [7, 11) is 1.62. The van der Waals surface area contributed by atoms with Gasteiger partial charge >= 0.3 is 0 Å². The Balaban J connectivity index is 1.95. The maximum atomic E-state index is 5.27. The van der Waals surface area contributed by atoms with Crippen LogP contribution in [0.3, 0.4) is 0 Å². The molecule has 1 aromatic carbocycles. The van der Waals surface area contributed by atoms with E-state index >= 15 is 0 Å². The van der Waals surface area contributed by atoms with Gasteiger partial charge in [0.05, 0.1) is 18.4 Å². The van der Waals surface area contributed by atoms with Crippen LogP contribution in [0.1, 0.15) is 5.69 Å². The van der Waals surface area contributed by atoms with Crippen molar-refractivity contribution in [2.45, 2.75) is 6.92 Å². The molecular weight excluding hydrogens is 256 g/mol. The Labute approximate surface area is 115 Å². The normalized spacial score (nSPS) is 10.5. The van der Waals surface area contributed by atoms with Gasteiger partial charge in [0.15, 0.2) is 0 Å². The number of rotatable bonds is 3. The summed E-state index contributed by atoms with van der Waals surface area (Å²) in [5.41, 5.74) is 2.39. The van der Waals surface area contributed by atoms with Crippen molar-refractivity contribution in [3.05, 3.63) is 42.5 Å². The van der Waals surface area contributed by atoms with Crippen molar-refractivity contribution < 1.29 is 9.26 Å². The smallest absolute Gasteiger partial charge is 0.261 e. The molecule has 0 amide bonds. The van der Waals surface area contributed by atoms with Crippen LogP contribution >= 0.6 is 0 Å². The summed E-state index contributed by atoms with van der Waals surface area (Å²) < 4.78 is 10.4. The van der Waals surface area contributed by atoms with E-state index in [1.807, 2.05) is 31.2 Å². The maximum absolute atomic E-state index is 5.27. The zero-order chi connectivity index (χ0) is 13.9. The molecule has 0 atom stereocenters. The van der Waals surface area contributed by atoms with E-state index < -0.39 is 0 Å². The first-order valence-electron chi connectivity index (χ1n) is 6.03. The Morgan fingerprint density at radius 2 is 1.95 bits per heavy atom. The van der Waals surface area contributed by atoms with Gasteiger partial charge in [-0.3, -0.25) is 0 Å². The van der Waals surface area contributed by atoms with Crippen molar-refractivity contribution in [3.8, 4) is 28.6 Å². The summed E-state index contributed by atoms with van der Waals surface area (Å²) in [6.07, 6.45) is 3.15. The molecule has 6 heteroatoms. The fraction of sp³-hybridized carbons (Fsp3) is 0.143. The van der Waals surface area contributed by atoms with E-state index in [0.29, 0.717) is 11.7 Å². The minimum atomic E-state index is 0.411. The number of methoxy groups -OCH3 is 1. The van der Waals surface area contributed by atoms with E-state index in [1.54, 1.807) is 13.3 Å². The lowest BCUT2D eigenvalue weighted by atomic mass is 10.2. The number of hydrogen-bond donors (Lipinski definition) is 0. The predicted octanol–water partition coefficient (Wildman–Crippen LogP) is 2.51. The Morgan fingerprint density at radius 3 is 2.65 bits per heavy atom. The Morgan fingerprint density at radius 1 is 1.15 bits per heavy atom. The first kappa shape index (κ1) is 12.3. The third kappa shape index (κ3) is 2.23. The third-order valence-electron chi connectivity index (χ3n) is 2.92. The van der Waals surface area contributed by atoms with Gasteiger partial charge in [0.2, 0.25) is 5.82 Å². The summed E-state index contributed by atoms with van der Waals surface area (Å²) in [4.78, 5) is 12.4. The summed E-state index contributed by atoms with van der Waals surface area (Å²) >= 11 is 0. The van der Waals surface area contributed by atoms with Gasteiger partial charge < -0.3 is 9.26 Å². The summed E-state index contributed by atoms with van der Waals surface area (Å²) in [6, 6.07) is 7.45. The molecule has 2 heterocycles. The fourth-order valence-corrected chi connectivity index (χ4v) is 1.79. The highest BCUT2D eigenvalue weighted by Gasteiger charge is 2.13. The lowest BCUT2D eigenvalue weighted by Crippen LogP contribution is -1.89. The molecule has 0 N–H and O–H groups in total.